The molecule has 2 rings (SSSR count). The van der Waals surface area contributed by atoms with Gasteiger partial charge in [-0.1, -0.05) is 30.3 Å². The predicted molar refractivity (Wildman–Crippen MR) is 104 cm³/mol. The highest BCUT2D eigenvalue weighted by atomic mass is 16.5. The molecule has 2 aromatic rings. The van der Waals surface area contributed by atoms with Crippen molar-refractivity contribution in [2.45, 2.75) is 26.8 Å². The largest absolute Gasteiger partial charge is 0.454 e. The average Bonchev–Trinajstić information content (AvgIpc) is 2.63. The number of ether oxygens (including phenoxy) is 1. The van der Waals surface area contributed by atoms with E-state index in [1.54, 1.807) is 24.3 Å². The van der Waals surface area contributed by atoms with Gasteiger partial charge >= 0.3 is 12.0 Å². The third-order valence-corrected chi connectivity index (χ3v) is 3.75. The molecule has 0 aliphatic carbocycles. The Morgan fingerprint density at radius 2 is 1.70 bits per heavy atom. The lowest BCUT2D eigenvalue weighted by molar-refractivity contribution is -0.148. The summed E-state index contributed by atoms with van der Waals surface area (Å²) in [5.74, 6) is -1.15. The van der Waals surface area contributed by atoms with Crippen LogP contribution in [0.4, 0.5) is 16.2 Å². The first kappa shape index (κ1) is 20.0. The van der Waals surface area contributed by atoms with Crippen LogP contribution in [0.15, 0.2) is 48.5 Å². The van der Waals surface area contributed by atoms with Crippen molar-refractivity contribution in [2.24, 2.45) is 0 Å². The second-order valence-corrected chi connectivity index (χ2v) is 6.16. The summed E-state index contributed by atoms with van der Waals surface area (Å²) < 4.78 is 4.97. The van der Waals surface area contributed by atoms with E-state index in [4.69, 9.17) is 4.74 Å². The van der Waals surface area contributed by atoms with E-state index in [2.05, 4.69) is 16.0 Å². The van der Waals surface area contributed by atoms with Crippen LogP contribution in [-0.4, -0.2) is 30.6 Å². The van der Waals surface area contributed by atoms with Gasteiger partial charge in [0.1, 0.15) is 6.04 Å². The first-order chi connectivity index (χ1) is 12.8. The summed E-state index contributed by atoms with van der Waals surface area (Å²) in [6, 6.07) is 13.1. The van der Waals surface area contributed by atoms with E-state index < -0.39 is 30.6 Å². The maximum atomic E-state index is 12.0. The summed E-state index contributed by atoms with van der Waals surface area (Å²) in [7, 11) is 0. The molecule has 7 heteroatoms. The minimum Gasteiger partial charge on any atom is -0.454 e. The van der Waals surface area contributed by atoms with Gasteiger partial charge in [0, 0.05) is 11.4 Å². The Morgan fingerprint density at radius 1 is 1.00 bits per heavy atom. The molecule has 0 saturated heterocycles. The monoisotopic (exact) mass is 369 g/mol. The Kier molecular flexibility index (Phi) is 6.93. The standard InChI is InChI=1S/C20H23N3O4/c1-13-9-10-14(2)17(11-13)23-18(24)12-27-19(25)15(3)21-20(26)22-16-7-5-4-6-8-16/h4-11,15H,12H2,1-3H3,(H,23,24)(H2,21,22,26)/t15-/m0/s1. The summed E-state index contributed by atoms with van der Waals surface area (Å²) in [5, 5.41) is 7.76. The molecule has 0 fully saturated rings. The summed E-state index contributed by atoms with van der Waals surface area (Å²) in [6.07, 6.45) is 0. The van der Waals surface area contributed by atoms with Crippen LogP contribution in [0.5, 0.6) is 0 Å². The Balaban J connectivity index is 1.77. The quantitative estimate of drug-likeness (QED) is 0.682. The lowest BCUT2D eigenvalue weighted by atomic mass is 10.1. The maximum Gasteiger partial charge on any atom is 0.328 e. The molecular formula is C20H23N3O4. The molecule has 0 aliphatic rings. The third-order valence-electron chi connectivity index (χ3n) is 3.75. The average molecular weight is 369 g/mol. The molecule has 3 amide bonds. The number of hydrogen-bond acceptors (Lipinski definition) is 4. The predicted octanol–water partition coefficient (Wildman–Crippen LogP) is 3.00. The normalized spacial score (nSPS) is 11.2. The fourth-order valence-corrected chi connectivity index (χ4v) is 2.26. The Morgan fingerprint density at radius 3 is 2.41 bits per heavy atom. The van der Waals surface area contributed by atoms with Gasteiger partial charge in [-0.2, -0.15) is 0 Å². The highest BCUT2D eigenvalue weighted by molar-refractivity contribution is 5.95. The van der Waals surface area contributed by atoms with Crippen LogP contribution in [-0.2, 0) is 14.3 Å². The zero-order valence-electron chi connectivity index (χ0n) is 15.5. The van der Waals surface area contributed by atoms with Crippen molar-refractivity contribution in [1.29, 1.82) is 0 Å². The summed E-state index contributed by atoms with van der Waals surface area (Å²) in [5.41, 5.74) is 3.19. The van der Waals surface area contributed by atoms with Gasteiger partial charge in [-0.15, -0.1) is 0 Å². The number of carbonyl (C=O) groups is 3. The zero-order chi connectivity index (χ0) is 19.8. The lowest BCUT2D eigenvalue weighted by Gasteiger charge is -2.14. The summed E-state index contributed by atoms with van der Waals surface area (Å²) in [4.78, 5) is 35.8. The van der Waals surface area contributed by atoms with Gasteiger partial charge in [-0.3, -0.25) is 4.79 Å². The molecule has 0 aromatic heterocycles. The number of benzene rings is 2. The molecule has 0 spiro atoms. The number of para-hydroxylation sites is 1. The smallest absolute Gasteiger partial charge is 0.328 e. The van der Waals surface area contributed by atoms with Crippen LogP contribution in [0.3, 0.4) is 0 Å². The number of urea groups is 1. The number of amides is 3. The van der Waals surface area contributed by atoms with E-state index in [-0.39, 0.29) is 0 Å². The van der Waals surface area contributed by atoms with Crippen molar-refractivity contribution >= 4 is 29.3 Å². The summed E-state index contributed by atoms with van der Waals surface area (Å²) >= 11 is 0. The van der Waals surface area contributed by atoms with Gasteiger partial charge in [0.15, 0.2) is 6.61 Å². The van der Waals surface area contributed by atoms with Gasteiger partial charge in [-0.05, 0) is 50.1 Å². The second-order valence-electron chi connectivity index (χ2n) is 6.16. The van der Waals surface area contributed by atoms with Gasteiger partial charge in [0.05, 0.1) is 0 Å². The fourth-order valence-electron chi connectivity index (χ4n) is 2.26. The zero-order valence-corrected chi connectivity index (χ0v) is 15.5. The SMILES string of the molecule is Cc1ccc(C)c(NC(=O)COC(=O)[C@H](C)NC(=O)Nc2ccccc2)c1. The van der Waals surface area contributed by atoms with Gasteiger partial charge in [-0.25, -0.2) is 9.59 Å². The highest BCUT2D eigenvalue weighted by Gasteiger charge is 2.18. The number of aryl methyl sites for hydroxylation is 2. The van der Waals surface area contributed by atoms with Crippen molar-refractivity contribution < 1.29 is 19.1 Å². The van der Waals surface area contributed by atoms with E-state index in [0.29, 0.717) is 11.4 Å². The number of carbonyl (C=O) groups excluding carboxylic acids is 3. The minimum absolute atomic E-state index is 0.432. The number of anilines is 2. The first-order valence-corrected chi connectivity index (χ1v) is 8.51. The molecule has 2 aromatic carbocycles. The molecule has 27 heavy (non-hydrogen) atoms. The topological polar surface area (TPSA) is 96.5 Å². The molecule has 7 nitrogen and oxygen atoms in total. The van der Waals surface area contributed by atoms with E-state index >= 15 is 0 Å². The number of hydrogen-bond donors (Lipinski definition) is 3. The second kappa shape index (κ2) is 9.38. The van der Waals surface area contributed by atoms with E-state index in [1.807, 2.05) is 38.1 Å². The van der Waals surface area contributed by atoms with Gasteiger partial charge < -0.3 is 20.7 Å². The van der Waals surface area contributed by atoms with Crippen molar-refractivity contribution in [2.75, 3.05) is 17.2 Å². The fraction of sp³-hybridized carbons (Fsp3) is 0.250. The van der Waals surface area contributed by atoms with E-state index in [9.17, 15) is 14.4 Å². The van der Waals surface area contributed by atoms with Crippen molar-refractivity contribution in [3.8, 4) is 0 Å². The lowest BCUT2D eigenvalue weighted by Crippen LogP contribution is -2.42. The molecule has 0 heterocycles. The van der Waals surface area contributed by atoms with Crippen molar-refractivity contribution in [3.63, 3.8) is 0 Å². The molecule has 1 atom stereocenters. The Hall–Kier alpha value is -3.35. The maximum absolute atomic E-state index is 12.0. The van der Waals surface area contributed by atoms with Crippen LogP contribution in [0.1, 0.15) is 18.1 Å². The van der Waals surface area contributed by atoms with E-state index in [1.165, 1.54) is 6.92 Å². The minimum atomic E-state index is -0.901. The highest BCUT2D eigenvalue weighted by Crippen LogP contribution is 2.16. The number of esters is 1. The van der Waals surface area contributed by atoms with Crippen molar-refractivity contribution in [3.05, 3.63) is 59.7 Å². The summed E-state index contributed by atoms with van der Waals surface area (Å²) in [6.45, 7) is 4.84. The van der Waals surface area contributed by atoms with Crippen molar-refractivity contribution in [1.82, 2.24) is 5.32 Å². The van der Waals surface area contributed by atoms with E-state index in [0.717, 1.165) is 11.1 Å². The third kappa shape index (κ3) is 6.47. The Bertz CT molecular complexity index is 821. The van der Waals surface area contributed by atoms with Crippen LogP contribution in [0.2, 0.25) is 0 Å². The van der Waals surface area contributed by atoms with Gasteiger partial charge in [0.25, 0.3) is 5.91 Å². The first-order valence-electron chi connectivity index (χ1n) is 8.51. The number of nitrogens with one attached hydrogen (secondary N) is 3. The molecule has 0 bridgehead atoms. The van der Waals surface area contributed by atoms with Gasteiger partial charge in [0.2, 0.25) is 0 Å². The molecule has 0 aliphatic heterocycles. The molecule has 3 N–H and O–H groups in total. The van der Waals surface area contributed by atoms with Crippen LogP contribution < -0.4 is 16.0 Å². The van der Waals surface area contributed by atoms with Crippen LogP contribution >= 0.6 is 0 Å². The molecule has 0 saturated carbocycles. The molecule has 0 radical (unpaired) electrons. The Labute approximate surface area is 158 Å². The van der Waals surface area contributed by atoms with Crippen LogP contribution in [0, 0.1) is 13.8 Å². The molecule has 142 valence electrons. The molecular weight excluding hydrogens is 346 g/mol. The molecule has 0 unspecified atom stereocenters. The van der Waals surface area contributed by atoms with Crippen LogP contribution in [0.25, 0.3) is 0 Å². The number of rotatable bonds is 6.